The summed E-state index contributed by atoms with van der Waals surface area (Å²) in [7, 11) is 0. The predicted octanol–water partition coefficient (Wildman–Crippen LogP) is 1.55. The van der Waals surface area contributed by atoms with Gasteiger partial charge in [0.25, 0.3) is 0 Å². The molecule has 0 fully saturated rings. The standard InChI is InChI=1S/C12H21N3OS/c1-4-13-11(8-16)5-6-17-12-14-9(2)7-10(3)15-12/h7,11,13,16H,4-6,8H2,1-3H3. The SMILES string of the molecule is CCNC(CO)CCSc1nc(C)cc(C)n1. The van der Waals surface area contributed by atoms with Crippen molar-refractivity contribution >= 4 is 11.8 Å². The quantitative estimate of drug-likeness (QED) is 0.572. The van der Waals surface area contributed by atoms with Crippen LogP contribution < -0.4 is 5.32 Å². The number of aliphatic hydroxyl groups excluding tert-OH is 1. The number of rotatable bonds is 7. The van der Waals surface area contributed by atoms with Crippen molar-refractivity contribution in [3.63, 3.8) is 0 Å². The van der Waals surface area contributed by atoms with E-state index in [1.807, 2.05) is 26.8 Å². The molecule has 0 amide bonds. The summed E-state index contributed by atoms with van der Waals surface area (Å²) < 4.78 is 0. The van der Waals surface area contributed by atoms with Gasteiger partial charge in [-0.05, 0) is 32.9 Å². The minimum Gasteiger partial charge on any atom is -0.395 e. The van der Waals surface area contributed by atoms with E-state index in [1.165, 1.54) is 0 Å². The zero-order chi connectivity index (χ0) is 12.7. The van der Waals surface area contributed by atoms with Gasteiger partial charge in [-0.1, -0.05) is 18.7 Å². The summed E-state index contributed by atoms with van der Waals surface area (Å²) in [6.45, 7) is 7.07. The fraction of sp³-hybridized carbons (Fsp3) is 0.667. The van der Waals surface area contributed by atoms with Gasteiger partial charge in [-0.3, -0.25) is 0 Å². The Morgan fingerprint density at radius 1 is 1.35 bits per heavy atom. The Bertz CT molecular complexity index is 326. The average molecular weight is 255 g/mol. The van der Waals surface area contributed by atoms with Gasteiger partial charge in [0.05, 0.1) is 6.61 Å². The number of likely N-dealkylation sites (N-methyl/N-ethyl adjacent to an activating group) is 1. The Hall–Kier alpha value is -0.650. The molecule has 0 saturated carbocycles. The molecular weight excluding hydrogens is 234 g/mol. The van der Waals surface area contributed by atoms with Crippen molar-refractivity contribution in [1.82, 2.24) is 15.3 Å². The summed E-state index contributed by atoms with van der Waals surface area (Å²) in [4.78, 5) is 8.74. The third-order valence-corrected chi connectivity index (χ3v) is 3.25. The molecule has 0 aliphatic heterocycles. The summed E-state index contributed by atoms with van der Waals surface area (Å²) in [5, 5.41) is 13.2. The molecule has 0 bridgehead atoms. The van der Waals surface area contributed by atoms with Crippen molar-refractivity contribution in [1.29, 1.82) is 0 Å². The van der Waals surface area contributed by atoms with Crippen LogP contribution in [0.15, 0.2) is 11.2 Å². The smallest absolute Gasteiger partial charge is 0.187 e. The fourth-order valence-corrected chi connectivity index (χ4v) is 2.60. The van der Waals surface area contributed by atoms with E-state index in [4.69, 9.17) is 5.11 Å². The molecule has 0 aromatic carbocycles. The van der Waals surface area contributed by atoms with Gasteiger partial charge in [0.1, 0.15) is 0 Å². The van der Waals surface area contributed by atoms with Crippen LogP contribution in [-0.4, -0.2) is 40.0 Å². The lowest BCUT2D eigenvalue weighted by Crippen LogP contribution is -2.32. The lowest BCUT2D eigenvalue weighted by atomic mass is 10.2. The third-order valence-electron chi connectivity index (χ3n) is 2.37. The summed E-state index contributed by atoms with van der Waals surface area (Å²) in [5.41, 5.74) is 2.01. The maximum absolute atomic E-state index is 9.14. The van der Waals surface area contributed by atoms with Crippen molar-refractivity contribution in [2.75, 3.05) is 18.9 Å². The number of aliphatic hydroxyl groups is 1. The van der Waals surface area contributed by atoms with Crippen molar-refractivity contribution in [3.8, 4) is 0 Å². The van der Waals surface area contributed by atoms with Crippen LogP contribution in [0, 0.1) is 13.8 Å². The van der Waals surface area contributed by atoms with Crippen LogP contribution in [0.2, 0.25) is 0 Å². The van der Waals surface area contributed by atoms with E-state index >= 15 is 0 Å². The molecule has 2 N–H and O–H groups in total. The third kappa shape index (κ3) is 5.48. The first-order valence-electron chi connectivity index (χ1n) is 5.95. The highest BCUT2D eigenvalue weighted by Crippen LogP contribution is 2.15. The van der Waals surface area contributed by atoms with Crippen LogP contribution >= 0.6 is 11.8 Å². The Balaban J connectivity index is 2.39. The molecule has 4 nitrogen and oxygen atoms in total. The molecule has 0 aliphatic carbocycles. The molecule has 96 valence electrons. The Kier molecular flexibility index (Phi) is 6.47. The van der Waals surface area contributed by atoms with Gasteiger partial charge in [0.2, 0.25) is 0 Å². The van der Waals surface area contributed by atoms with E-state index in [1.54, 1.807) is 11.8 Å². The number of aryl methyl sites for hydroxylation is 2. The van der Waals surface area contributed by atoms with Crippen LogP contribution in [0.5, 0.6) is 0 Å². The van der Waals surface area contributed by atoms with E-state index < -0.39 is 0 Å². The van der Waals surface area contributed by atoms with Crippen molar-refractivity contribution in [2.45, 2.75) is 38.4 Å². The molecule has 1 rings (SSSR count). The molecule has 1 heterocycles. The topological polar surface area (TPSA) is 58.0 Å². The molecule has 1 aromatic heterocycles. The van der Waals surface area contributed by atoms with Gasteiger partial charge in [0.15, 0.2) is 5.16 Å². The van der Waals surface area contributed by atoms with Gasteiger partial charge < -0.3 is 10.4 Å². The van der Waals surface area contributed by atoms with Crippen LogP contribution in [0.25, 0.3) is 0 Å². The minimum atomic E-state index is 0.179. The van der Waals surface area contributed by atoms with E-state index in [0.29, 0.717) is 0 Å². The number of thioether (sulfide) groups is 1. The lowest BCUT2D eigenvalue weighted by Gasteiger charge is -2.14. The highest BCUT2D eigenvalue weighted by molar-refractivity contribution is 7.99. The largest absolute Gasteiger partial charge is 0.395 e. The molecule has 1 atom stereocenters. The van der Waals surface area contributed by atoms with Gasteiger partial charge in [-0.15, -0.1) is 0 Å². The second kappa shape index (κ2) is 7.63. The summed E-state index contributed by atoms with van der Waals surface area (Å²) in [6.07, 6.45) is 0.922. The van der Waals surface area contributed by atoms with Crippen molar-refractivity contribution in [2.24, 2.45) is 0 Å². The van der Waals surface area contributed by atoms with E-state index in [9.17, 15) is 0 Å². The second-order valence-corrected chi connectivity index (χ2v) is 5.07. The van der Waals surface area contributed by atoms with Crippen molar-refractivity contribution < 1.29 is 5.11 Å². The molecule has 1 aromatic rings. The Morgan fingerprint density at radius 3 is 2.53 bits per heavy atom. The fourth-order valence-electron chi connectivity index (χ4n) is 1.60. The average Bonchev–Trinajstić information content (AvgIpc) is 2.26. The van der Waals surface area contributed by atoms with Crippen LogP contribution in [0.4, 0.5) is 0 Å². The summed E-state index contributed by atoms with van der Waals surface area (Å²) in [6, 6.07) is 2.15. The Morgan fingerprint density at radius 2 is 2.00 bits per heavy atom. The van der Waals surface area contributed by atoms with E-state index in [2.05, 4.69) is 15.3 Å². The van der Waals surface area contributed by atoms with Crippen molar-refractivity contribution in [3.05, 3.63) is 17.5 Å². The maximum atomic E-state index is 9.14. The molecule has 0 saturated heterocycles. The van der Waals surface area contributed by atoms with Crippen LogP contribution in [0.3, 0.4) is 0 Å². The van der Waals surface area contributed by atoms with Crippen LogP contribution in [0.1, 0.15) is 24.7 Å². The lowest BCUT2D eigenvalue weighted by molar-refractivity contribution is 0.242. The first kappa shape index (κ1) is 14.4. The molecule has 0 spiro atoms. The molecular formula is C12H21N3OS. The van der Waals surface area contributed by atoms with E-state index in [-0.39, 0.29) is 12.6 Å². The normalized spacial score (nSPS) is 12.7. The highest BCUT2D eigenvalue weighted by atomic mass is 32.2. The first-order chi connectivity index (χ1) is 8.15. The molecule has 5 heteroatoms. The summed E-state index contributed by atoms with van der Waals surface area (Å²) in [5.74, 6) is 0.918. The number of nitrogens with zero attached hydrogens (tertiary/aromatic N) is 2. The maximum Gasteiger partial charge on any atom is 0.187 e. The Labute approximate surface area is 107 Å². The number of nitrogens with one attached hydrogen (secondary N) is 1. The molecule has 1 unspecified atom stereocenters. The predicted molar refractivity (Wildman–Crippen MR) is 71.4 cm³/mol. The second-order valence-electron chi connectivity index (χ2n) is 4.01. The van der Waals surface area contributed by atoms with Gasteiger partial charge in [-0.25, -0.2) is 9.97 Å². The van der Waals surface area contributed by atoms with Crippen LogP contribution in [-0.2, 0) is 0 Å². The summed E-state index contributed by atoms with van der Waals surface area (Å²) >= 11 is 1.64. The minimum absolute atomic E-state index is 0.179. The number of aromatic nitrogens is 2. The monoisotopic (exact) mass is 255 g/mol. The zero-order valence-corrected chi connectivity index (χ0v) is 11.5. The van der Waals surface area contributed by atoms with E-state index in [0.717, 1.165) is 35.3 Å². The molecule has 0 radical (unpaired) electrons. The van der Waals surface area contributed by atoms with Gasteiger partial charge in [0, 0.05) is 23.2 Å². The van der Waals surface area contributed by atoms with Gasteiger partial charge >= 0.3 is 0 Å². The zero-order valence-electron chi connectivity index (χ0n) is 10.7. The number of hydrogen-bond donors (Lipinski definition) is 2. The highest BCUT2D eigenvalue weighted by Gasteiger charge is 2.06. The number of hydrogen-bond acceptors (Lipinski definition) is 5. The first-order valence-corrected chi connectivity index (χ1v) is 6.93. The molecule has 0 aliphatic rings. The molecule has 17 heavy (non-hydrogen) atoms. The van der Waals surface area contributed by atoms with Gasteiger partial charge in [-0.2, -0.15) is 0 Å².